The monoisotopic (exact) mass is 462 g/mol. The number of amides is 1. The lowest BCUT2D eigenvalue weighted by atomic mass is 10.2. The standard InChI is InChI=1S/C21H13Cl3N2O2S/c1-11-14(22)5-3-7-16(11)25-21-26-20(27)18(29-21)10-12-8-9-17(28-12)13-4-2-6-15(23)19(13)24/h2-10H,1H3,(H,25,26,27)/b18-10-. The van der Waals surface area contributed by atoms with E-state index in [0.29, 0.717) is 47.9 Å². The number of nitrogens with one attached hydrogen (secondary N) is 1. The number of nitrogens with zero attached hydrogens (tertiary/aromatic N) is 1. The van der Waals surface area contributed by atoms with E-state index in [9.17, 15) is 4.79 Å². The Hall–Kier alpha value is -2.18. The Morgan fingerprint density at radius 1 is 1.03 bits per heavy atom. The highest BCUT2D eigenvalue weighted by Crippen LogP contribution is 2.36. The van der Waals surface area contributed by atoms with Crippen molar-refractivity contribution in [2.75, 3.05) is 0 Å². The summed E-state index contributed by atoms with van der Waals surface area (Å²) in [6, 6.07) is 14.3. The molecule has 1 N–H and O–H groups in total. The van der Waals surface area contributed by atoms with E-state index in [2.05, 4.69) is 10.3 Å². The molecular weight excluding hydrogens is 451 g/mol. The third-order valence-corrected chi connectivity index (χ3v) is 6.37. The lowest BCUT2D eigenvalue weighted by Crippen LogP contribution is -2.19. The normalized spacial score (nSPS) is 16.6. The summed E-state index contributed by atoms with van der Waals surface area (Å²) in [7, 11) is 0. The van der Waals surface area contributed by atoms with E-state index in [4.69, 9.17) is 39.2 Å². The van der Waals surface area contributed by atoms with Gasteiger partial charge in [0, 0.05) is 16.7 Å². The number of furan rings is 1. The van der Waals surface area contributed by atoms with Crippen LogP contribution in [-0.4, -0.2) is 11.1 Å². The van der Waals surface area contributed by atoms with Crippen molar-refractivity contribution >= 4 is 69.4 Å². The molecule has 0 spiro atoms. The largest absolute Gasteiger partial charge is 0.457 e. The van der Waals surface area contributed by atoms with Crippen LogP contribution in [0.4, 0.5) is 5.69 Å². The average Bonchev–Trinajstić information content (AvgIpc) is 3.28. The van der Waals surface area contributed by atoms with Gasteiger partial charge in [-0.1, -0.05) is 46.9 Å². The number of benzene rings is 2. The Balaban J connectivity index is 1.59. The third-order valence-electron chi connectivity index (χ3n) is 4.23. The van der Waals surface area contributed by atoms with Crippen molar-refractivity contribution in [2.24, 2.45) is 4.99 Å². The fourth-order valence-electron chi connectivity index (χ4n) is 2.71. The summed E-state index contributed by atoms with van der Waals surface area (Å²) >= 11 is 19.7. The van der Waals surface area contributed by atoms with E-state index in [1.54, 1.807) is 36.4 Å². The van der Waals surface area contributed by atoms with Gasteiger partial charge in [-0.2, -0.15) is 0 Å². The van der Waals surface area contributed by atoms with Crippen LogP contribution in [0.1, 0.15) is 11.3 Å². The summed E-state index contributed by atoms with van der Waals surface area (Å²) in [5, 5.41) is 4.73. The smallest absolute Gasteiger partial charge is 0.264 e. The van der Waals surface area contributed by atoms with Crippen molar-refractivity contribution in [3.8, 4) is 11.3 Å². The van der Waals surface area contributed by atoms with Crippen molar-refractivity contribution in [3.63, 3.8) is 0 Å². The quantitative estimate of drug-likeness (QED) is 0.421. The first kappa shape index (κ1) is 20.1. The second kappa shape index (κ2) is 8.28. The molecule has 0 saturated carbocycles. The first-order valence-electron chi connectivity index (χ1n) is 8.51. The van der Waals surface area contributed by atoms with Crippen molar-refractivity contribution in [1.82, 2.24) is 5.32 Å². The molecule has 1 saturated heterocycles. The molecule has 4 rings (SSSR count). The Morgan fingerprint density at radius 3 is 2.62 bits per heavy atom. The van der Waals surface area contributed by atoms with Crippen LogP contribution in [0.15, 0.2) is 62.8 Å². The molecule has 146 valence electrons. The number of carbonyl (C=O) groups excluding carboxylic acids is 1. The van der Waals surface area contributed by atoms with Gasteiger partial charge in [0.2, 0.25) is 0 Å². The van der Waals surface area contributed by atoms with Crippen LogP contribution in [0, 0.1) is 6.92 Å². The topological polar surface area (TPSA) is 54.6 Å². The maximum Gasteiger partial charge on any atom is 0.264 e. The number of aliphatic imine (C=N–C) groups is 1. The zero-order chi connectivity index (χ0) is 20.5. The first-order valence-corrected chi connectivity index (χ1v) is 10.5. The second-order valence-electron chi connectivity index (χ2n) is 6.17. The van der Waals surface area contributed by atoms with E-state index in [1.807, 2.05) is 25.1 Å². The third kappa shape index (κ3) is 4.23. The molecule has 1 aromatic heterocycles. The number of thioether (sulfide) groups is 1. The highest BCUT2D eigenvalue weighted by molar-refractivity contribution is 8.18. The second-order valence-corrected chi connectivity index (χ2v) is 8.39. The Kier molecular flexibility index (Phi) is 5.74. The number of hydrogen-bond donors (Lipinski definition) is 1. The van der Waals surface area contributed by atoms with Gasteiger partial charge >= 0.3 is 0 Å². The highest BCUT2D eigenvalue weighted by atomic mass is 35.5. The zero-order valence-electron chi connectivity index (χ0n) is 15.0. The first-order chi connectivity index (χ1) is 13.9. The van der Waals surface area contributed by atoms with Gasteiger partial charge in [-0.15, -0.1) is 0 Å². The van der Waals surface area contributed by atoms with E-state index in [-0.39, 0.29) is 5.91 Å². The summed E-state index contributed by atoms with van der Waals surface area (Å²) < 4.78 is 5.83. The molecule has 1 amide bonds. The zero-order valence-corrected chi connectivity index (χ0v) is 18.1. The molecule has 0 bridgehead atoms. The van der Waals surface area contributed by atoms with E-state index in [1.165, 1.54) is 11.8 Å². The number of carbonyl (C=O) groups is 1. The van der Waals surface area contributed by atoms with Crippen molar-refractivity contribution in [1.29, 1.82) is 0 Å². The Bertz CT molecular complexity index is 1180. The lowest BCUT2D eigenvalue weighted by Gasteiger charge is -2.02. The lowest BCUT2D eigenvalue weighted by molar-refractivity contribution is -0.115. The fraction of sp³-hybridized carbons (Fsp3) is 0.0476. The maximum atomic E-state index is 12.3. The van der Waals surface area contributed by atoms with Crippen LogP contribution in [0.5, 0.6) is 0 Å². The summed E-state index contributed by atoms with van der Waals surface area (Å²) in [5.41, 5.74) is 2.24. The molecular formula is C21H13Cl3N2O2S. The molecule has 1 fully saturated rings. The molecule has 8 heteroatoms. The highest BCUT2D eigenvalue weighted by Gasteiger charge is 2.24. The predicted octanol–water partition coefficient (Wildman–Crippen LogP) is 7.11. The Labute approximate surface area is 186 Å². The number of halogens is 3. The molecule has 29 heavy (non-hydrogen) atoms. The number of hydrogen-bond acceptors (Lipinski definition) is 4. The van der Waals surface area contributed by atoms with E-state index < -0.39 is 0 Å². The van der Waals surface area contributed by atoms with Crippen molar-refractivity contribution < 1.29 is 9.21 Å². The van der Waals surface area contributed by atoms with E-state index >= 15 is 0 Å². The molecule has 1 aliphatic heterocycles. The van der Waals surface area contributed by atoms with Crippen LogP contribution in [-0.2, 0) is 4.79 Å². The predicted molar refractivity (Wildman–Crippen MR) is 121 cm³/mol. The van der Waals surface area contributed by atoms with Gasteiger partial charge in [-0.3, -0.25) is 4.79 Å². The molecule has 0 aliphatic carbocycles. The molecule has 0 atom stereocenters. The number of amidine groups is 1. The van der Waals surface area contributed by atoms with E-state index in [0.717, 1.165) is 5.56 Å². The van der Waals surface area contributed by atoms with Crippen LogP contribution >= 0.6 is 46.6 Å². The number of rotatable bonds is 3. The summed E-state index contributed by atoms with van der Waals surface area (Å²) in [5.74, 6) is 0.845. The van der Waals surface area contributed by atoms with Gasteiger partial charge in [0.25, 0.3) is 5.91 Å². The molecule has 2 heterocycles. The van der Waals surface area contributed by atoms with Gasteiger partial charge in [-0.05, 0) is 60.6 Å². The van der Waals surface area contributed by atoms with Gasteiger partial charge in [0.1, 0.15) is 11.5 Å². The summed E-state index contributed by atoms with van der Waals surface area (Å²) in [6.07, 6.45) is 1.66. The average molecular weight is 464 g/mol. The summed E-state index contributed by atoms with van der Waals surface area (Å²) in [6.45, 7) is 1.88. The molecule has 0 radical (unpaired) electrons. The Morgan fingerprint density at radius 2 is 1.79 bits per heavy atom. The minimum atomic E-state index is -0.243. The van der Waals surface area contributed by atoms with Crippen LogP contribution in [0.25, 0.3) is 17.4 Å². The van der Waals surface area contributed by atoms with Crippen molar-refractivity contribution in [3.05, 3.63) is 79.8 Å². The van der Waals surface area contributed by atoms with Crippen LogP contribution < -0.4 is 5.32 Å². The van der Waals surface area contributed by atoms with Crippen molar-refractivity contribution in [2.45, 2.75) is 6.92 Å². The molecule has 2 aromatic carbocycles. The SMILES string of the molecule is Cc1c(Cl)cccc1N=C1NC(=O)/C(=C/c2ccc(-c3cccc(Cl)c3Cl)o2)S1. The van der Waals surface area contributed by atoms with Gasteiger partial charge < -0.3 is 9.73 Å². The maximum absolute atomic E-state index is 12.3. The van der Waals surface area contributed by atoms with Gasteiger partial charge in [0.15, 0.2) is 5.17 Å². The minimum absolute atomic E-state index is 0.243. The van der Waals surface area contributed by atoms with Gasteiger partial charge in [0.05, 0.1) is 20.6 Å². The molecule has 1 aliphatic rings. The molecule has 3 aromatic rings. The summed E-state index contributed by atoms with van der Waals surface area (Å²) in [4.78, 5) is 17.3. The minimum Gasteiger partial charge on any atom is -0.457 e. The molecule has 0 unspecified atom stereocenters. The van der Waals surface area contributed by atoms with Crippen LogP contribution in [0.3, 0.4) is 0 Å². The fourth-order valence-corrected chi connectivity index (χ4v) is 4.08. The van der Waals surface area contributed by atoms with Gasteiger partial charge in [-0.25, -0.2) is 4.99 Å². The van der Waals surface area contributed by atoms with Crippen LogP contribution in [0.2, 0.25) is 15.1 Å². The molecule has 4 nitrogen and oxygen atoms in total.